The van der Waals surface area contributed by atoms with Gasteiger partial charge in [0.15, 0.2) is 24.6 Å². The van der Waals surface area contributed by atoms with Crippen LogP contribution in [0.4, 0.5) is 0 Å². The van der Waals surface area contributed by atoms with E-state index >= 15 is 0 Å². The number of aliphatic hydroxyl groups excluding tert-OH is 2. The van der Waals surface area contributed by atoms with E-state index in [0.717, 1.165) is 83.5 Å². The highest BCUT2D eigenvalue weighted by Gasteiger charge is 2.50. The van der Waals surface area contributed by atoms with E-state index in [0.29, 0.717) is 19.3 Å². The molecule has 1 aliphatic heterocycles. The molecule has 1 aliphatic rings. The lowest BCUT2D eigenvalue weighted by atomic mass is 9.98. The summed E-state index contributed by atoms with van der Waals surface area (Å²) >= 11 is 0. The molecular weight excluding hydrogens is 901 g/mol. The molecule has 1 saturated heterocycles. The number of rotatable bonds is 46. The zero-order valence-electron chi connectivity index (χ0n) is 44.4. The molecule has 3 N–H and O–H groups in total. The molecule has 6 unspecified atom stereocenters. The summed E-state index contributed by atoms with van der Waals surface area (Å²) < 4.78 is 28.2. The molecule has 1 fully saturated rings. The van der Waals surface area contributed by atoms with Crippen LogP contribution in [-0.4, -0.2) is 89.2 Å². The number of esters is 3. The van der Waals surface area contributed by atoms with Gasteiger partial charge in [0.25, 0.3) is 0 Å². The van der Waals surface area contributed by atoms with Crippen molar-refractivity contribution in [2.24, 2.45) is 0 Å². The number of carboxylic acids is 1. The number of aliphatic carboxylic acids is 1. The Morgan fingerprint density at radius 3 is 1.44 bits per heavy atom. The monoisotopic (exact) mass is 999 g/mol. The first-order chi connectivity index (χ1) is 34.6. The maximum atomic E-state index is 13.0. The van der Waals surface area contributed by atoms with Crippen molar-refractivity contribution in [3.05, 3.63) is 72.9 Å². The SMILES string of the molecule is CC/C=C\C/C=C\C/C=C\C/C=C\CCC(=O)OCC(COC1OC(C(=O)O)C(O)C(O)C1OC(=O)CCCCCCCCCCC/C=C\C/C=C\CCCCC)OC(=O)CCCCCCCCCCC. The minimum absolute atomic E-state index is 0.0481. The van der Waals surface area contributed by atoms with E-state index in [1.54, 1.807) is 0 Å². The van der Waals surface area contributed by atoms with Crippen LogP contribution < -0.4 is 0 Å². The Morgan fingerprint density at radius 1 is 0.479 bits per heavy atom. The molecule has 0 aliphatic carbocycles. The quantitative estimate of drug-likeness (QED) is 0.0228. The number of carbonyl (C=O) groups excluding carboxylic acids is 3. The van der Waals surface area contributed by atoms with Gasteiger partial charge in [0.05, 0.1) is 6.61 Å². The second kappa shape index (κ2) is 47.2. The molecule has 12 heteroatoms. The third kappa shape index (κ3) is 37.6. The molecule has 0 amide bonds. The number of hydrogen-bond donors (Lipinski definition) is 3. The summed E-state index contributed by atoms with van der Waals surface area (Å²) in [5, 5.41) is 31.4. The van der Waals surface area contributed by atoms with Crippen molar-refractivity contribution >= 4 is 23.9 Å². The van der Waals surface area contributed by atoms with Crippen molar-refractivity contribution in [3.8, 4) is 0 Å². The second-order valence-corrected chi connectivity index (χ2v) is 18.8. The van der Waals surface area contributed by atoms with Crippen LogP contribution in [0.1, 0.15) is 226 Å². The fourth-order valence-electron chi connectivity index (χ4n) is 8.00. The lowest BCUT2D eigenvalue weighted by Crippen LogP contribution is -2.61. The van der Waals surface area contributed by atoms with Crippen molar-refractivity contribution < 1.29 is 58.2 Å². The number of carbonyl (C=O) groups is 4. The van der Waals surface area contributed by atoms with E-state index in [2.05, 4.69) is 81.5 Å². The van der Waals surface area contributed by atoms with E-state index in [1.807, 2.05) is 12.2 Å². The summed E-state index contributed by atoms with van der Waals surface area (Å²) in [6.07, 6.45) is 46.2. The van der Waals surface area contributed by atoms with Crippen molar-refractivity contribution in [2.45, 2.75) is 263 Å². The fourth-order valence-corrected chi connectivity index (χ4v) is 8.00. The first kappa shape index (κ1) is 65.2. The van der Waals surface area contributed by atoms with E-state index < -0.39 is 67.3 Å². The van der Waals surface area contributed by atoms with Crippen LogP contribution in [0.5, 0.6) is 0 Å². The van der Waals surface area contributed by atoms with Crippen LogP contribution in [0.15, 0.2) is 72.9 Å². The Balaban J connectivity index is 2.68. The number of carboxylic acid groups (broad SMARTS) is 1. The maximum Gasteiger partial charge on any atom is 0.335 e. The normalized spacial score (nSPS) is 19.0. The van der Waals surface area contributed by atoms with Crippen LogP contribution in [-0.2, 0) is 42.9 Å². The minimum atomic E-state index is -1.91. The molecular formula is C59H98O12. The topological polar surface area (TPSA) is 175 Å². The molecule has 6 atom stereocenters. The lowest BCUT2D eigenvalue weighted by Gasteiger charge is -2.40. The third-order valence-corrected chi connectivity index (χ3v) is 12.3. The Labute approximate surface area is 429 Å². The number of allylic oxidation sites excluding steroid dienone is 12. The van der Waals surface area contributed by atoms with Gasteiger partial charge in [0.1, 0.15) is 18.8 Å². The summed E-state index contributed by atoms with van der Waals surface area (Å²) in [5.41, 5.74) is 0. The van der Waals surface area contributed by atoms with E-state index in [-0.39, 0.29) is 25.9 Å². The second-order valence-electron chi connectivity index (χ2n) is 18.8. The Hall–Kier alpha value is -3.84. The first-order valence-corrected chi connectivity index (χ1v) is 27.9. The summed E-state index contributed by atoms with van der Waals surface area (Å²) in [7, 11) is 0. The number of hydrogen-bond acceptors (Lipinski definition) is 11. The predicted octanol–water partition coefficient (Wildman–Crippen LogP) is 13.8. The number of ether oxygens (including phenoxy) is 5. The fraction of sp³-hybridized carbons (Fsp3) is 0.729. The van der Waals surface area contributed by atoms with Crippen LogP contribution in [0.2, 0.25) is 0 Å². The zero-order chi connectivity index (χ0) is 51.8. The smallest absolute Gasteiger partial charge is 0.335 e. The van der Waals surface area contributed by atoms with Crippen LogP contribution in [0.3, 0.4) is 0 Å². The summed E-state index contributed by atoms with van der Waals surface area (Å²) in [4.78, 5) is 50.8. The molecule has 0 spiro atoms. The Bertz CT molecular complexity index is 1510. The van der Waals surface area contributed by atoms with Crippen molar-refractivity contribution in [1.82, 2.24) is 0 Å². The lowest BCUT2D eigenvalue weighted by molar-refractivity contribution is -0.301. The molecule has 71 heavy (non-hydrogen) atoms. The largest absolute Gasteiger partial charge is 0.479 e. The van der Waals surface area contributed by atoms with Crippen molar-refractivity contribution in [3.63, 3.8) is 0 Å². The van der Waals surface area contributed by atoms with E-state index in [4.69, 9.17) is 23.7 Å². The molecule has 0 bridgehead atoms. The van der Waals surface area contributed by atoms with Gasteiger partial charge in [0, 0.05) is 19.3 Å². The van der Waals surface area contributed by atoms with Gasteiger partial charge >= 0.3 is 23.9 Å². The average molecular weight is 999 g/mol. The molecule has 1 heterocycles. The minimum Gasteiger partial charge on any atom is -0.479 e. The average Bonchev–Trinajstić information content (AvgIpc) is 3.35. The molecule has 1 rings (SSSR count). The summed E-state index contributed by atoms with van der Waals surface area (Å²) in [6, 6.07) is 0. The third-order valence-electron chi connectivity index (χ3n) is 12.3. The highest BCUT2D eigenvalue weighted by atomic mass is 16.7. The van der Waals surface area contributed by atoms with Crippen molar-refractivity contribution in [1.29, 1.82) is 0 Å². The summed E-state index contributed by atoms with van der Waals surface area (Å²) in [5.74, 6) is -3.23. The molecule has 0 radical (unpaired) electrons. The van der Waals surface area contributed by atoms with E-state index in [1.165, 1.54) is 83.5 Å². The van der Waals surface area contributed by atoms with Gasteiger partial charge < -0.3 is 39.0 Å². The molecule has 0 aromatic carbocycles. The maximum absolute atomic E-state index is 13.0. The van der Waals surface area contributed by atoms with Gasteiger partial charge in [-0.05, 0) is 77.0 Å². The van der Waals surface area contributed by atoms with Gasteiger partial charge in [-0.1, -0.05) is 203 Å². The molecule has 0 aromatic heterocycles. The molecule has 0 saturated carbocycles. The van der Waals surface area contributed by atoms with Gasteiger partial charge in [-0.2, -0.15) is 0 Å². The number of unbranched alkanes of at least 4 members (excludes halogenated alkanes) is 20. The molecule has 0 aromatic rings. The van der Waals surface area contributed by atoms with Gasteiger partial charge in [-0.15, -0.1) is 0 Å². The van der Waals surface area contributed by atoms with Gasteiger partial charge in [-0.25, -0.2) is 4.79 Å². The van der Waals surface area contributed by atoms with Gasteiger partial charge in [-0.3, -0.25) is 14.4 Å². The van der Waals surface area contributed by atoms with Crippen molar-refractivity contribution in [2.75, 3.05) is 13.2 Å². The van der Waals surface area contributed by atoms with Gasteiger partial charge in [0.2, 0.25) is 0 Å². The molecule has 12 nitrogen and oxygen atoms in total. The highest BCUT2D eigenvalue weighted by Crippen LogP contribution is 2.26. The van der Waals surface area contributed by atoms with Crippen LogP contribution in [0.25, 0.3) is 0 Å². The Morgan fingerprint density at radius 2 is 0.915 bits per heavy atom. The highest BCUT2D eigenvalue weighted by molar-refractivity contribution is 5.74. The standard InChI is InChI=1S/C59H98O12/c1-4-7-10-13-16-19-21-23-24-25-26-27-28-30-32-35-38-41-44-47-53(62)70-57-55(64)54(63)56(58(65)66)71-59(57)68-49-50(69-52(61)46-43-40-37-33-18-15-12-9-6-3)48-67-51(60)45-42-39-36-34-31-29-22-20-17-14-11-8-5-2/h8,11,16-17,19-20,23-24,29,31,36,39,50,54-57,59,63-64H,4-7,9-10,12-15,18,21-22,25-28,30,32-35,37-38,40-49H2,1-3H3,(H,65,66)/b11-8-,19-16-,20-17-,24-23-,31-29-,39-36-. The Kier molecular flexibility index (Phi) is 43.3. The predicted molar refractivity (Wildman–Crippen MR) is 285 cm³/mol. The van der Waals surface area contributed by atoms with Crippen LogP contribution in [0, 0.1) is 0 Å². The zero-order valence-corrected chi connectivity index (χ0v) is 44.4. The first-order valence-electron chi connectivity index (χ1n) is 27.9. The van der Waals surface area contributed by atoms with Crippen LogP contribution >= 0.6 is 0 Å². The summed E-state index contributed by atoms with van der Waals surface area (Å²) in [6.45, 7) is 5.75. The number of aliphatic hydroxyl groups is 2. The molecule has 406 valence electrons. The van der Waals surface area contributed by atoms with E-state index in [9.17, 15) is 34.5 Å².